The van der Waals surface area contributed by atoms with Crippen molar-refractivity contribution >= 4 is 5.91 Å². The first kappa shape index (κ1) is 20.5. The van der Waals surface area contributed by atoms with Crippen LogP contribution in [0, 0.1) is 0 Å². The summed E-state index contributed by atoms with van der Waals surface area (Å²) < 4.78 is 7.49. The van der Waals surface area contributed by atoms with E-state index in [9.17, 15) is 4.79 Å². The third kappa shape index (κ3) is 5.61. The lowest BCUT2D eigenvalue weighted by Gasteiger charge is -2.19. The molecule has 8 nitrogen and oxygen atoms in total. The molecule has 0 saturated heterocycles. The molecule has 1 N–H and O–H groups in total. The Labute approximate surface area is 170 Å². The minimum atomic E-state index is -0.147. The third-order valence-electron chi connectivity index (χ3n) is 4.71. The minimum Gasteiger partial charge on any atom is -0.492 e. The molecule has 1 aromatic heterocycles. The van der Waals surface area contributed by atoms with E-state index in [4.69, 9.17) is 4.74 Å². The molecule has 152 valence electrons. The number of nitrogens with one attached hydrogen (secondary N) is 1. The summed E-state index contributed by atoms with van der Waals surface area (Å²) >= 11 is 0. The summed E-state index contributed by atoms with van der Waals surface area (Å²) in [7, 11) is 0. The average molecular weight is 394 g/mol. The fourth-order valence-electron chi connectivity index (χ4n) is 2.94. The molecule has 0 atom stereocenters. The van der Waals surface area contributed by atoms with E-state index in [2.05, 4.69) is 39.6 Å². The largest absolute Gasteiger partial charge is 0.492 e. The van der Waals surface area contributed by atoms with Gasteiger partial charge < -0.3 is 15.0 Å². The Morgan fingerprint density at radius 2 is 1.86 bits per heavy atom. The minimum absolute atomic E-state index is 0.147. The molecular weight excluding hydrogens is 368 g/mol. The number of hydrogen-bond donors (Lipinski definition) is 1. The van der Waals surface area contributed by atoms with Crippen molar-refractivity contribution in [2.24, 2.45) is 0 Å². The van der Waals surface area contributed by atoms with Gasteiger partial charge in [0, 0.05) is 24.2 Å². The van der Waals surface area contributed by atoms with Gasteiger partial charge in [0.1, 0.15) is 18.7 Å². The molecule has 0 aliphatic rings. The molecule has 1 heterocycles. The zero-order valence-electron chi connectivity index (χ0n) is 16.8. The van der Waals surface area contributed by atoms with Gasteiger partial charge in [0.05, 0.1) is 5.69 Å². The van der Waals surface area contributed by atoms with Crippen molar-refractivity contribution in [1.82, 2.24) is 30.4 Å². The van der Waals surface area contributed by atoms with Crippen LogP contribution in [0.15, 0.2) is 54.9 Å². The Hall–Kier alpha value is -3.26. The van der Waals surface area contributed by atoms with Gasteiger partial charge in [0.15, 0.2) is 0 Å². The number of para-hydroxylation sites is 1. The van der Waals surface area contributed by atoms with Crippen LogP contribution in [0.25, 0.3) is 5.69 Å². The zero-order valence-corrected chi connectivity index (χ0v) is 16.8. The smallest absolute Gasteiger partial charge is 0.251 e. The lowest BCUT2D eigenvalue weighted by molar-refractivity contribution is 0.0950. The summed E-state index contributed by atoms with van der Waals surface area (Å²) in [6.45, 7) is 8.18. The Morgan fingerprint density at radius 3 is 2.55 bits per heavy atom. The molecule has 3 aromatic rings. The highest BCUT2D eigenvalue weighted by Gasteiger charge is 2.09. The molecule has 0 radical (unpaired) electrons. The first-order valence-electron chi connectivity index (χ1n) is 9.76. The summed E-state index contributed by atoms with van der Waals surface area (Å²) in [5.74, 6) is 0.653. The monoisotopic (exact) mass is 394 g/mol. The second-order valence-electron chi connectivity index (χ2n) is 6.47. The first-order valence-corrected chi connectivity index (χ1v) is 9.76. The number of rotatable bonds is 10. The van der Waals surface area contributed by atoms with E-state index in [-0.39, 0.29) is 5.91 Å². The van der Waals surface area contributed by atoms with Crippen molar-refractivity contribution in [2.75, 3.05) is 26.2 Å². The Morgan fingerprint density at radius 1 is 1.10 bits per heavy atom. The van der Waals surface area contributed by atoms with Gasteiger partial charge in [-0.1, -0.05) is 32.0 Å². The maximum atomic E-state index is 12.5. The van der Waals surface area contributed by atoms with Crippen molar-refractivity contribution in [3.8, 4) is 11.4 Å². The fraction of sp³-hybridized carbons (Fsp3) is 0.333. The number of tetrazole rings is 1. The molecule has 1 amide bonds. The summed E-state index contributed by atoms with van der Waals surface area (Å²) in [5, 5.41) is 14.0. The number of benzene rings is 2. The van der Waals surface area contributed by atoms with Crippen LogP contribution in [0.1, 0.15) is 29.8 Å². The predicted molar refractivity (Wildman–Crippen MR) is 110 cm³/mol. The summed E-state index contributed by atoms with van der Waals surface area (Å²) in [6.07, 6.45) is 1.51. The summed E-state index contributed by atoms with van der Waals surface area (Å²) in [5.41, 5.74) is 2.31. The van der Waals surface area contributed by atoms with Crippen molar-refractivity contribution < 1.29 is 9.53 Å². The maximum absolute atomic E-state index is 12.5. The summed E-state index contributed by atoms with van der Waals surface area (Å²) in [6, 6.07) is 14.9. The van der Waals surface area contributed by atoms with Crippen LogP contribution in [0.4, 0.5) is 0 Å². The van der Waals surface area contributed by atoms with E-state index in [1.54, 1.807) is 24.3 Å². The molecule has 0 fully saturated rings. The Balaban J connectivity index is 1.56. The van der Waals surface area contributed by atoms with Crippen molar-refractivity contribution in [3.63, 3.8) is 0 Å². The number of likely N-dealkylation sites (N-methyl/N-ethyl adjacent to an activating group) is 1. The van der Waals surface area contributed by atoms with Gasteiger partial charge >= 0.3 is 0 Å². The Kier molecular flexibility index (Phi) is 7.29. The molecule has 0 aliphatic heterocycles. The molecule has 0 saturated carbocycles. The van der Waals surface area contributed by atoms with E-state index in [0.29, 0.717) is 18.7 Å². The molecule has 0 spiro atoms. The van der Waals surface area contributed by atoms with Crippen molar-refractivity contribution in [2.45, 2.75) is 20.4 Å². The molecule has 0 aliphatic carbocycles. The van der Waals surface area contributed by atoms with Gasteiger partial charge in [-0.3, -0.25) is 4.79 Å². The van der Waals surface area contributed by atoms with Gasteiger partial charge in [-0.15, -0.1) is 5.10 Å². The molecule has 0 bridgehead atoms. The van der Waals surface area contributed by atoms with Gasteiger partial charge in [0.2, 0.25) is 0 Å². The number of aromatic nitrogens is 4. The highest BCUT2D eigenvalue weighted by atomic mass is 16.5. The first-order chi connectivity index (χ1) is 14.2. The fourth-order valence-corrected chi connectivity index (χ4v) is 2.94. The molecule has 2 aromatic carbocycles. The van der Waals surface area contributed by atoms with E-state index >= 15 is 0 Å². The lowest BCUT2D eigenvalue weighted by atomic mass is 10.1. The second kappa shape index (κ2) is 10.3. The highest BCUT2D eigenvalue weighted by molar-refractivity contribution is 5.94. The highest BCUT2D eigenvalue weighted by Crippen LogP contribution is 2.18. The molecule has 0 unspecified atom stereocenters. The number of ether oxygens (including phenoxy) is 1. The number of carbonyl (C=O) groups is 1. The van der Waals surface area contributed by atoms with Crippen molar-refractivity contribution in [1.29, 1.82) is 0 Å². The van der Waals surface area contributed by atoms with E-state index < -0.39 is 0 Å². The number of hydrogen-bond acceptors (Lipinski definition) is 6. The van der Waals surface area contributed by atoms with Crippen LogP contribution in [0.3, 0.4) is 0 Å². The molecule has 29 heavy (non-hydrogen) atoms. The van der Waals surface area contributed by atoms with Crippen LogP contribution < -0.4 is 10.1 Å². The zero-order chi connectivity index (χ0) is 20.5. The van der Waals surface area contributed by atoms with Gasteiger partial charge in [-0.25, -0.2) is 4.68 Å². The third-order valence-corrected chi connectivity index (χ3v) is 4.71. The predicted octanol–water partition coefficient (Wildman–Crippen LogP) is 2.31. The lowest BCUT2D eigenvalue weighted by Crippen LogP contribution is -2.28. The number of nitrogens with zero attached hydrogens (tertiary/aromatic N) is 5. The van der Waals surface area contributed by atoms with Crippen LogP contribution in [-0.2, 0) is 6.54 Å². The van der Waals surface area contributed by atoms with E-state index in [1.807, 2.05) is 24.3 Å². The quantitative estimate of drug-likeness (QED) is 0.568. The number of carbonyl (C=O) groups excluding carboxylic acids is 1. The average Bonchev–Trinajstić information content (AvgIpc) is 3.31. The van der Waals surface area contributed by atoms with Crippen molar-refractivity contribution in [3.05, 3.63) is 66.0 Å². The maximum Gasteiger partial charge on any atom is 0.251 e. The topological polar surface area (TPSA) is 85.2 Å². The van der Waals surface area contributed by atoms with E-state index in [1.165, 1.54) is 11.0 Å². The second-order valence-corrected chi connectivity index (χ2v) is 6.47. The van der Waals surface area contributed by atoms with Crippen LogP contribution in [0.5, 0.6) is 5.75 Å². The SMILES string of the molecule is CCN(CC)CCOc1ccccc1CNC(=O)c1ccc(-n2cnnn2)cc1. The standard InChI is InChI=1S/C21H26N6O2/c1-3-26(4-2)13-14-29-20-8-6-5-7-18(20)15-22-21(28)17-9-11-19(12-10-17)27-16-23-24-25-27/h5-12,16H,3-4,13-15H2,1-2H3,(H,22,28). The van der Waals surface area contributed by atoms with Crippen LogP contribution in [0.2, 0.25) is 0 Å². The van der Waals surface area contributed by atoms with Crippen LogP contribution >= 0.6 is 0 Å². The summed E-state index contributed by atoms with van der Waals surface area (Å²) in [4.78, 5) is 14.8. The Bertz CT molecular complexity index is 892. The normalized spacial score (nSPS) is 10.9. The van der Waals surface area contributed by atoms with Gasteiger partial charge in [0.25, 0.3) is 5.91 Å². The molecule has 3 rings (SSSR count). The van der Waals surface area contributed by atoms with Gasteiger partial charge in [-0.05, 0) is 53.8 Å². The van der Waals surface area contributed by atoms with E-state index in [0.717, 1.165) is 36.6 Å². The number of amides is 1. The molecular formula is C21H26N6O2. The van der Waals surface area contributed by atoms with Gasteiger partial charge in [-0.2, -0.15) is 0 Å². The molecule has 8 heteroatoms. The van der Waals surface area contributed by atoms with Crippen LogP contribution in [-0.4, -0.2) is 57.3 Å².